The van der Waals surface area contributed by atoms with Gasteiger partial charge in [-0.15, -0.1) is 0 Å². The largest absolute Gasteiger partial charge is 0.382 e. The van der Waals surface area contributed by atoms with Gasteiger partial charge in [-0.05, 0) is 13.8 Å². The average molecular weight is 231 g/mol. The molecule has 0 aliphatic rings. The molecule has 0 atom stereocenters. The van der Waals surface area contributed by atoms with Crippen LogP contribution in [0.2, 0.25) is 5.02 Å². The van der Waals surface area contributed by atoms with Crippen molar-refractivity contribution in [2.75, 3.05) is 24.2 Å². The fraction of sp³-hybridized carbons (Fsp3) is 0.556. The first-order chi connectivity index (χ1) is 7.11. The number of anilines is 2. The quantitative estimate of drug-likeness (QED) is 0.751. The minimum atomic E-state index is 0.220. The number of ether oxygens (including phenoxy) is 1. The number of rotatable bonds is 5. The third kappa shape index (κ3) is 3.89. The molecule has 0 aliphatic carbocycles. The van der Waals surface area contributed by atoms with E-state index in [-0.39, 0.29) is 11.9 Å². The monoisotopic (exact) mass is 230 g/mol. The third-order valence-electron chi connectivity index (χ3n) is 1.66. The second-order valence-corrected chi connectivity index (χ2v) is 3.65. The number of nitrogen functional groups attached to an aromatic ring is 1. The lowest BCUT2D eigenvalue weighted by atomic mass is 10.5. The summed E-state index contributed by atoms with van der Waals surface area (Å²) in [5.74, 6) is 0.815. The second kappa shape index (κ2) is 5.72. The predicted molar refractivity (Wildman–Crippen MR) is 61.0 cm³/mol. The molecule has 0 saturated carbocycles. The zero-order valence-electron chi connectivity index (χ0n) is 8.83. The lowest BCUT2D eigenvalue weighted by Gasteiger charge is -2.10. The van der Waals surface area contributed by atoms with E-state index < -0.39 is 0 Å². The highest BCUT2D eigenvalue weighted by Crippen LogP contribution is 2.22. The molecule has 0 amide bonds. The van der Waals surface area contributed by atoms with Crippen molar-refractivity contribution in [2.45, 2.75) is 20.0 Å². The van der Waals surface area contributed by atoms with Crippen molar-refractivity contribution < 1.29 is 4.74 Å². The molecule has 0 aliphatic heterocycles. The minimum Gasteiger partial charge on any atom is -0.382 e. The van der Waals surface area contributed by atoms with Crippen LogP contribution in [0.3, 0.4) is 0 Å². The van der Waals surface area contributed by atoms with E-state index in [1.54, 1.807) is 0 Å². The van der Waals surface area contributed by atoms with Crippen molar-refractivity contribution in [2.24, 2.45) is 0 Å². The van der Waals surface area contributed by atoms with Gasteiger partial charge in [0.15, 0.2) is 5.82 Å². The number of hydrogen-bond acceptors (Lipinski definition) is 5. The summed E-state index contributed by atoms with van der Waals surface area (Å²) in [6.07, 6.45) is 1.59. The van der Waals surface area contributed by atoms with Crippen molar-refractivity contribution in [3.63, 3.8) is 0 Å². The molecule has 1 aromatic rings. The van der Waals surface area contributed by atoms with Gasteiger partial charge in [-0.1, -0.05) is 11.6 Å². The number of nitrogens with zero attached hydrogens (tertiary/aromatic N) is 2. The molecule has 0 saturated heterocycles. The maximum atomic E-state index is 5.88. The Kier molecular flexibility index (Phi) is 4.58. The molecule has 0 aromatic carbocycles. The van der Waals surface area contributed by atoms with Crippen LogP contribution in [0, 0.1) is 0 Å². The van der Waals surface area contributed by atoms with E-state index in [0.29, 0.717) is 24.0 Å². The fourth-order valence-electron chi connectivity index (χ4n) is 0.971. The van der Waals surface area contributed by atoms with E-state index in [0.717, 1.165) is 0 Å². The molecule has 1 aromatic heterocycles. The molecular formula is C9H15ClN4O. The van der Waals surface area contributed by atoms with Crippen LogP contribution < -0.4 is 11.1 Å². The van der Waals surface area contributed by atoms with E-state index in [2.05, 4.69) is 15.3 Å². The normalized spacial score (nSPS) is 10.7. The maximum Gasteiger partial charge on any atom is 0.150 e. The van der Waals surface area contributed by atoms with Crippen LogP contribution in [0.1, 0.15) is 13.8 Å². The zero-order chi connectivity index (χ0) is 11.3. The van der Waals surface area contributed by atoms with Crippen LogP contribution in [0.15, 0.2) is 6.33 Å². The summed E-state index contributed by atoms with van der Waals surface area (Å²) in [5.41, 5.74) is 5.52. The van der Waals surface area contributed by atoms with Crippen LogP contribution in [0.5, 0.6) is 0 Å². The summed E-state index contributed by atoms with van der Waals surface area (Å²) < 4.78 is 5.35. The smallest absolute Gasteiger partial charge is 0.150 e. The fourth-order valence-corrected chi connectivity index (χ4v) is 1.14. The molecule has 6 heteroatoms. The molecule has 5 nitrogen and oxygen atoms in total. The van der Waals surface area contributed by atoms with Crippen LogP contribution >= 0.6 is 11.6 Å². The first-order valence-electron chi connectivity index (χ1n) is 4.72. The predicted octanol–water partition coefficient (Wildman–Crippen LogP) is 1.55. The van der Waals surface area contributed by atoms with E-state index in [1.807, 2.05) is 13.8 Å². The summed E-state index contributed by atoms with van der Waals surface area (Å²) in [5, 5.41) is 3.37. The Labute approximate surface area is 94.0 Å². The Morgan fingerprint density at radius 3 is 2.93 bits per heavy atom. The lowest BCUT2D eigenvalue weighted by Crippen LogP contribution is -2.14. The highest BCUT2D eigenvalue weighted by Gasteiger charge is 2.05. The Hall–Kier alpha value is -1.07. The van der Waals surface area contributed by atoms with Crippen LogP contribution in [0.25, 0.3) is 0 Å². The van der Waals surface area contributed by atoms with Gasteiger partial charge in [-0.2, -0.15) is 0 Å². The lowest BCUT2D eigenvalue weighted by molar-refractivity contribution is 0.0870. The number of hydrogen-bond donors (Lipinski definition) is 2. The summed E-state index contributed by atoms with van der Waals surface area (Å²) in [4.78, 5) is 7.73. The third-order valence-corrected chi connectivity index (χ3v) is 2.03. The first kappa shape index (κ1) is 12.0. The van der Waals surface area contributed by atoms with Crippen LogP contribution in [-0.2, 0) is 4.74 Å². The van der Waals surface area contributed by atoms with Gasteiger partial charge in [0.05, 0.1) is 12.7 Å². The zero-order valence-corrected chi connectivity index (χ0v) is 9.58. The number of nitrogens with two attached hydrogens (primary N) is 1. The standard InChI is InChI=1S/C9H15ClN4O/c1-6(2)15-4-3-12-9-7(10)8(11)13-5-14-9/h5-6H,3-4H2,1-2H3,(H3,11,12,13,14). The van der Waals surface area contributed by atoms with Gasteiger partial charge in [-0.3, -0.25) is 0 Å². The van der Waals surface area contributed by atoms with Gasteiger partial charge < -0.3 is 15.8 Å². The van der Waals surface area contributed by atoms with Crippen LogP contribution in [0.4, 0.5) is 11.6 Å². The summed E-state index contributed by atoms with van der Waals surface area (Å²) in [6, 6.07) is 0. The molecule has 0 bridgehead atoms. The van der Waals surface area contributed by atoms with Gasteiger partial charge in [-0.25, -0.2) is 9.97 Å². The summed E-state index contributed by atoms with van der Waals surface area (Å²) >= 11 is 5.88. The van der Waals surface area contributed by atoms with Gasteiger partial charge >= 0.3 is 0 Å². The van der Waals surface area contributed by atoms with Gasteiger partial charge in [0.25, 0.3) is 0 Å². The Bertz CT molecular complexity index is 319. The van der Waals surface area contributed by atoms with Crippen molar-refractivity contribution in [3.05, 3.63) is 11.3 Å². The maximum absolute atomic E-state index is 5.88. The van der Waals surface area contributed by atoms with E-state index >= 15 is 0 Å². The Morgan fingerprint density at radius 2 is 2.27 bits per heavy atom. The molecule has 84 valence electrons. The van der Waals surface area contributed by atoms with Gasteiger partial charge in [0.2, 0.25) is 0 Å². The van der Waals surface area contributed by atoms with E-state index in [9.17, 15) is 0 Å². The van der Waals surface area contributed by atoms with Crippen molar-refractivity contribution in [1.82, 2.24) is 9.97 Å². The SMILES string of the molecule is CC(C)OCCNc1ncnc(N)c1Cl. The second-order valence-electron chi connectivity index (χ2n) is 3.27. The highest BCUT2D eigenvalue weighted by molar-refractivity contribution is 6.35. The van der Waals surface area contributed by atoms with Crippen molar-refractivity contribution >= 4 is 23.2 Å². The van der Waals surface area contributed by atoms with Crippen molar-refractivity contribution in [3.8, 4) is 0 Å². The summed E-state index contributed by atoms with van der Waals surface area (Å²) in [7, 11) is 0. The Morgan fingerprint density at radius 1 is 1.53 bits per heavy atom. The number of halogens is 1. The molecule has 15 heavy (non-hydrogen) atoms. The van der Waals surface area contributed by atoms with E-state index in [1.165, 1.54) is 6.33 Å². The molecule has 0 spiro atoms. The number of nitrogens with one attached hydrogen (secondary N) is 1. The minimum absolute atomic E-state index is 0.220. The molecule has 1 rings (SSSR count). The molecule has 0 unspecified atom stereocenters. The topological polar surface area (TPSA) is 73.1 Å². The number of aromatic nitrogens is 2. The van der Waals surface area contributed by atoms with E-state index in [4.69, 9.17) is 22.1 Å². The van der Waals surface area contributed by atoms with Crippen molar-refractivity contribution in [1.29, 1.82) is 0 Å². The van der Waals surface area contributed by atoms with Gasteiger partial charge in [0.1, 0.15) is 17.2 Å². The first-order valence-corrected chi connectivity index (χ1v) is 5.10. The molecule has 0 radical (unpaired) electrons. The average Bonchev–Trinajstić information content (AvgIpc) is 2.18. The van der Waals surface area contributed by atoms with Crippen LogP contribution in [-0.4, -0.2) is 29.2 Å². The molecule has 0 fully saturated rings. The molecule has 3 N–H and O–H groups in total. The van der Waals surface area contributed by atoms with Gasteiger partial charge in [0, 0.05) is 6.54 Å². The molecule has 1 heterocycles. The summed E-state index contributed by atoms with van der Waals surface area (Å²) in [6.45, 7) is 5.19. The Balaban J connectivity index is 2.41. The highest BCUT2D eigenvalue weighted by atomic mass is 35.5. The molecular weight excluding hydrogens is 216 g/mol.